The van der Waals surface area contributed by atoms with Crippen molar-refractivity contribution in [2.24, 2.45) is 0 Å². The Bertz CT molecular complexity index is 1400. The van der Waals surface area contributed by atoms with E-state index in [0.717, 1.165) is 44.5 Å². The van der Waals surface area contributed by atoms with Crippen LogP contribution in [0.2, 0.25) is 0 Å². The van der Waals surface area contributed by atoms with Crippen molar-refractivity contribution in [3.8, 4) is 16.9 Å². The Hall–Kier alpha value is -3.93. The third-order valence-electron chi connectivity index (χ3n) is 4.86. The minimum absolute atomic E-state index is 0.857. The van der Waals surface area contributed by atoms with Gasteiger partial charge >= 0.3 is 0 Å². The van der Waals surface area contributed by atoms with Crippen LogP contribution in [0.15, 0.2) is 73.1 Å². The fourth-order valence-corrected chi connectivity index (χ4v) is 3.47. The molecule has 6 rings (SSSR count). The second-order valence-electron chi connectivity index (χ2n) is 6.57. The molecule has 3 heterocycles. The van der Waals surface area contributed by atoms with Crippen LogP contribution in [0.25, 0.3) is 49.9 Å². The molecule has 0 radical (unpaired) electrons. The van der Waals surface area contributed by atoms with E-state index < -0.39 is 0 Å². The van der Waals surface area contributed by atoms with E-state index in [2.05, 4.69) is 55.5 Å². The lowest BCUT2D eigenvalue weighted by Gasteiger charge is -1.98. The molecule has 6 heteroatoms. The minimum Gasteiger partial charge on any atom is -0.355 e. The fourth-order valence-electron chi connectivity index (χ4n) is 3.47. The van der Waals surface area contributed by atoms with Crippen LogP contribution in [0.4, 0.5) is 0 Å². The van der Waals surface area contributed by atoms with Gasteiger partial charge in [-0.2, -0.15) is 4.80 Å². The number of rotatable bonds is 2. The SMILES string of the molecule is c1ccc2[nH]c(-c3ccc4nn(-c5ccc6nc[nH]c6c5)nc4c3)cc2c1. The number of nitrogens with one attached hydrogen (secondary N) is 2. The molecule has 0 aliphatic heterocycles. The molecule has 3 aromatic carbocycles. The van der Waals surface area contributed by atoms with E-state index in [0.29, 0.717) is 0 Å². The number of imidazole rings is 1. The summed E-state index contributed by atoms with van der Waals surface area (Å²) in [5, 5.41) is 10.5. The molecule has 0 bridgehead atoms. The average Bonchev–Trinajstić information content (AvgIpc) is 3.42. The quantitative estimate of drug-likeness (QED) is 0.484. The molecular formula is C21H14N6. The Labute approximate surface area is 153 Å². The average molecular weight is 350 g/mol. The highest BCUT2D eigenvalue weighted by atomic mass is 15.5. The first kappa shape index (κ1) is 14.3. The molecule has 0 saturated heterocycles. The second kappa shape index (κ2) is 5.28. The third-order valence-corrected chi connectivity index (χ3v) is 4.86. The maximum Gasteiger partial charge on any atom is 0.114 e. The lowest BCUT2D eigenvalue weighted by molar-refractivity contribution is 0.766. The molecule has 0 atom stereocenters. The number of hydrogen-bond donors (Lipinski definition) is 2. The van der Waals surface area contributed by atoms with Crippen LogP contribution in [-0.2, 0) is 0 Å². The summed E-state index contributed by atoms with van der Waals surface area (Å²) in [4.78, 5) is 12.5. The molecule has 0 aliphatic carbocycles. The van der Waals surface area contributed by atoms with Gasteiger partial charge in [0, 0.05) is 22.2 Å². The Morgan fingerprint density at radius 3 is 2.59 bits per heavy atom. The van der Waals surface area contributed by atoms with Gasteiger partial charge in [-0.05, 0) is 42.5 Å². The molecule has 0 spiro atoms. The number of benzene rings is 3. The molecule has 0 unspecified atom stereocenters. The maximum atomic E-state index is 4.67. The van der Waals surface area contributed by atoms with Gasteiger partial charge in [-0.25, -0.2) is 4.98 Å². The van der Waals surface area contributed by atoms with Gasteiger partial charge < -0.3 is 9.97 Å². The largest absolute Gasteiger partial charge is 0.355 e. The van der Waals surface area contributed by atoms with Gasteiger partial charge in [0.15, 0.2) is 0 Å². The van der Waals surface area contributed by atoms with Crippen molar-refractivity contribution in [2.75, 3.05) is 0 Å². The Kier molecular flexibility index (Phi) is 2.79. The fraction of sp³-hybridized carbons (Fsp3) is 0. The van der Waals surface area contributed by atoms with E-state index in [1.165, 1.54) is 5.39 Å². The molecule has 128 valence electrons. The van der Waals surface area contributed by atoms with E-state index in [4.69, 9.17) is 0 Å². The van der Waals surface area contributed by atoms with Gasteiger partial charge in [0.05, 0.1) is 23.0 Å². The molecule has 6 aromatic rings. The van der Waals surface area contributed by atoms with Crippen LogP contribution in [0.5, 0.6) is 0 Å². The monoisotopic (exact) mass is 350 g/mol. The highest BCUT2D eigenvalue weighted by molar-refractivity contribution is 5.88. The number of aromatic nitrogens is 6. The van der Waals surface area contributed by atoms with Crippen LogP contribution in [0.1, 0.15) is 0 Å². The smallest absolute Gasteiger partial charge is 0.114 e. The summed E-state index contributed by atoms with van der Waals surface area (Å²) >= 11 is 0. The summed E-state index contributed by atoms with van der Waals surface area (Å²) < 4.78 is 0. The highest BCUT2D eigenvalue weighted by Gasteiger charge is 2.09. The zero-order valence-electron chi connectivity index (χ0n) is 14.2. The molecule has 0 saturated carbocycles. The number of nitrogens with zero attached hydrogens (tertiary/aromatic N) is 4. The van der Waals surface area contributed by atoms with Crippen molar-refractivity contribution in [1.29, 1.82) is 0 Å². The van der Waals surface area contributed by atoms with Gasteiger partial charge in [0.1, 0.15) is 11.0 Å². The van der Waals surface area contributed by atoms with Crippen LogP contribution in [0, 0.1) is 0 Å². The van der Waals surface area contributed by atoms with Crippen molar-refractivity contribution in [3.05, 3.63) is 73.1 Å². The zero-order valence-corrected chi connectivity index (χ0v) is 14.2. The topological polar surface area (TPSA) is 75.2 Å². The van der Waals surface area contributed by atoms with E-state index in [1.54, 1.807) is 11.1 Å². The van der Waals surface area contributed by atoms with Crippen molar-refractivity contribution >= 4 is 33.0 Å². The van der Waals surface area contributed by atoms with E-state index in [-0.39, 0.29) is 0 Å². The van der Waals surface area contributed by atoms with Gasteiger partial charge in [-0.1, -0.05) is 24.3 Å². The second-order valence-corrected chi connectivity index (χ2v) is 6.57. The minimum atomic E-state index is 0.857. The van der Waals surface area contributed by atoms with Crippen LogP contribution in [0.3, 0.4) is 0 Å². The van der Waals surface area contributed by atoms with Crippen molar-refractivity contribution in [2.45, 2.75) is 0 Å². The highest BCUT2D eigenvalue weighted by Crippen LogP contribution is 2.26. The zero-order chi connectivity index (χ0) is 17.8. The first-order valence-corrected chi connectivity index (χ1v) is 8.72. The van der Waals surface area contributed by atoms with Crippen molar-refractivity contribution in [3.63, 3.8) is 0 Å². The first-order chi connectivity index (χ1) is 13.3. The number of hydrogen-bond acceptors (Lipinski definition) is 3. The molecular weight excluding hydrogens is 336 g/mol. The predicted molar refractivity (Wildman–Crippen MR) is 106 cm³/mol. The van der Waals surface area contributed by atoms with Gasteiger partial charge in [-0.15, -0.1) is 10.2 Å². The number of fused-ring (bicyclic) bond motifs is 3. The first-order valence-electron chi connectivity index (χ1n) is 8.72. The molecule has 27 heavy (non-hydrogen) atoms. The normalized spacial score (nSPS) is 11.7. The molecule has 6 nitrogen and oxygen atoms in total. The predicted octanol–water partition coefficient (Wildman–Crippen LogP) is 4.45. The lowest BCUT2D eigenvalue weighted by atomic mass is 10.1. The van der Waals surface area contributed by atoms with E-state index >= 15 is 0 Å². The van der Waals surface area contributed by atoms with E-state index in [9.17, 15) is 0 Å². The third kappa shape index (κ3) is 2.23. The Morgan fingerprint density at radius 2 is 1.63 bits per heavy atom. The summed E-state index contributed by atoms with van der Waals surface area (Å²) in [5.41, 5.74) is 7.81. The Balaban J connectivity index is 1.46. The Morgan fingerprint density at radius 1 is 0.741 bits per heavy atom. The molecule has 3 aromatic heterocycles. The molecule has 0 amide bonds. The molecule has 0 fully saturated rings. The maximum absolute atomic E-state index is 4.67. The lowest BCUT2D eigenvalue weighted by Crippen LogP contribution is -1.97. The summed E-state index contributed by atoms with van der Waals surface area (Å²) in [6, 6.07) is 22.5. The molecule has 2 N–H and O–H groups in total. The van der Waals surface area contributed by atoms with Crippen LogP contribution >= 0.6 is 0 Å². The summed E-state index contributed by atoms with van der Waals surface area (Å²) in [5.74, 6) is 0. The van der Waals surface area contributed by atoms with Crippen molar-refractivity contribution < 1.29 is 0 Å². The van der Waals surface area contributed by atoms with Crippen LogP contribution in [-0.4, -0.2) is 29.9 Å². The summed E-state index contributed by atoms with van der Waals surface area (Å²) in [6.45, 7) is 0. The number of aromatic amines is 2. The van der Waals surface area contributed by atoms with Gasteiger partial charge in [0.2, 0.25) is 0 Å². The standard InChI is InChI=1S/C21H14N6/c1-2-4-16-13(3-1)9-19(24-16)14-5-7-18-21(10-14)26-27(25-18)15-6-8-17-20(11-15)23-12-22-17/h1-12,24H,(H,22,23). The van der Waals surface area contributed by atoms with Gasteiger partial charge in [0.25, 0.3) is 0 Å². The number of H-pyrrole nitrogens is 2. The van der Waals surface area contributed by atoms with Gasteiger partial charge in [-0.3, -0.25) is 0 Å². The van der Waals surface area contributed by atoms with E-state index in [1.807, 2.05) is 36.4 Å². The van der Waals surface area contributed by atoms with Crippen molar-refractivity contribution in [1.82, 2.24) is 29.9 Å². The number of para-hydroxylation sites is 1. The summed E-state index contributed by atoms with van der Waals surface area (Å²) in [6.07, 6.45) is 1.69. The molecule has 0 aliphatic rings. The van der Waals surface area contributed by atoms with Crippen LogP contribution < -0.4 is 0 Å². The summed E-state index contributed by atoms with van der Waals surface area (Å²) in [7, 11) is 0.